The van der Waals surface area contributed by atoms with Gasteiger partial charge in [-0.3, -0.25) is 4.79 Å². The number of hydrogen-bond acceptors (Lipinski definition) is 4. The SMILES string of the molecule is COCCOc1cc(O)cc(C(=O)N2CCC(Cc3ccc(C)c(F)c3)C2)c1. The molecule has 1 fully saturated rings. The molecule has 1 atom stereocenters. The third-order valence-corrected chi connectivity index (χ3v) is 5.03. The van der Waals surface area contributed by atoms with Crippen molar-refractivity contribution in [3.63, 3.8) is 0 Å². The van der Waals surface area contributed by atoms with E-state index < -0.39 is 0 Å². The molecule has 150 valence electrons. The summed E-state index contributed by atoms with van der Waals surface area (Å²) in [6.45, 7) is 3.77. The standard InChI is InChI=1S/C22H26FNO4/c1-15-3-4-16(10-21(15)23)9-17-5-6-24(14-17)22(26)18-11-19(25)13-20(12-18)28-8-7-27-2/h3-4,10-13,17,25H,5-9,14H2,1-2H3. The van der Waals surface area contributed by atoms with E-state index in [1.165, 1.54) is 12.1 Å². The fraction of sp³-hybridized carbons (Fsp3) is 0.409. The summed E-state index contributed by atoms with van der Waals surface area (Å²) in [6.07, 6.45) is 1.61. The summed E-state index contributed by atoms with van der Waals surface area (Å²) in [4.78, 5) is 14.6. The van der Waals surface area contributed by atoms with Gasteiger partial charge < -0.3 is 19.5 Å². The van der Waals surface area contributed by atoms with Gasteiger partial charge in [0.25, 0.3) is 5.91 Å². The van der Waals surface area contributed by atoms with Crippen molar-refractivity contribution in [3.8, 4) is 11.5 Å². The number of amides is 1. The predicted octanol–water partition coefficient (Wildman–Crippen LogP) is 3.57. The molecule has 0 aliphatic carbocycles. The van der Waals surface area contributed by atoms with E-state index in [0.717, 1.165) is 18.4 Å². The molecule has 1 heterocycles. The fourth-order valence-corrected chi connectivity index (χ4v) is 3.50. The summed E-state index contributed by atoms with van der Waals surface area (Å²) in [7, 11) is 1.58. The maximum absolute atomic E-state index is 13.8. The number of benzene rings is 2. The number of halogens is 1. The quantitative estimate of drug-likeness (QED) is 0.738. The monoisotopic (exact) mass is 387 g/mol. The molecule has 2 aromatic rings. The normalized spacial score (nSPS) is 16.4. The van der Waals surface area contributed by atoms with Crippen molar-refractivity contribution >= 4 is 5.91 Å². The van der Waals surface area contributed by atoms with Gasteiger partial charge in [0.05, 0.1) is 6.61 Å². The largest absolute Gasteiger partial charge is 0.508 e. The molecule has 1 N–H and O–H groups in total. The molecular formula is C22H26FNO4. The van der Waals surface area contributed by atoms with Crippen molar-refractivity contribution in [2.45, 2.75) is 19.8 Å². The Kier molecular flexibility index (Phi) is 6.52. The minimum absolute atomic E-state index is 0.0101. The minimum atomic E-state index is -0.191. The number of ether oxygens (including phenoxy) is 2. The molecule has 0 bridgehead atoms. The van der Waals surface area contributed by atoms with Gasteiger partial charge in [-0.2, -0.15) is 0 Å². The smallest absolute Gasteiger partial charge is 0.254 e. The molecule has 5 nitrogen and oxygen atoms in total. The van der Waals surface area contributed by atoms with Crippen molar-refractivity contribution < 1.29 is 23.8 Å². The Morgan fingerprint density at radius 3 is 2.82 bits per heavy atom. The van der Waals surface area contributed by atoms with Gasteiger partial charge in [-0.1, -0.05) is 12.1 Å². The van der Waals surface area contributed by atoms with Gasteiger partial charge in [0, 0.05) is 31.8 Å². The zero-order valence-electron chi connectivity index (χ0n) is 16.3. The maximum atomic E-state index is 13.8. The number of phenolic OH excluding ortho intramolecular Hbond substituents is 1. The van der Waals surface area contributed by atoms with Gasteiger partial charge >= 0.3 is 0 Å². The zero-order valence-corrected chi connectivity index (χ0v) is 16.3. The second-order valence-electron chi connectivity index (χ2n) is 7.25. The molecule has 28 heavy (non-hydrogen) atoms. The lowest BCUT2D eigenvalue weighted by atomic mass is 9.98. The Bertz CT molecular complexity index is 839. The molecule has 1 aliphatic heterocycles. The molecule has 1 saturated heterocycles. The first-order valence-corrected chi connectivity index (χ1v) is 9.46. The Morgan fingerprint density at radius 1 is 1.25 bits per heavy atom. The second-order valence-corrected chi connectivity index (χ2v) is 7.25. The molecule has 3 rings (SSSR count). The van der Waals surface area contributed by atoms with Crippen molar-refractivity contribution in [2.75, 3.05) is 33.4 Å². The first-order chi connectivity index (χ1) is 13.5. The van der Waals surface area contributed by atoms with Crippen LogP contribution in [0, 0.1) is 18.7 Å². The van der Waals surface area contributed by atoms with Gasteiger partial charge in [0.2, 0.25) is 0 Å². The summed E-state index contributed by atoms with van der Waals surface area (Å²) >= 11 is 0. The van der Waals surface area contributed by atoms with Crippen molar-refractivity contribution in [2.24, 2.45) is 5.92 Å². The van der Waals surface area contributed by atoms with E-state index in [-0.39, 0.29) is 17.5 Å². The van der Waals surface area contributed by atoms with Crippen molar-refractivity contribution in [3.05, 3.63) is 58.9 Å². The average molecular weight is 387 g/mol. The Hall–Kier alpha value is -2.60. The molecular weight excluding hydrogens is 361 g/mol. The van der Waals surface area contributed by atoms with Gasteiger partial charge in [-0.05, 0) is 55.0 Å². The van der Waals surface area contributed by atoms with E-state index in [9.17, 15) is 14.3 Å². The van der Waals surface area contributed by atoms with Gasteiger partial charge in [0.1, 0.15) is 23.9 Å². The number of hydrogen-bond donors (Lipinski definition) is 1. The molecule has 2 aromatic carbocycles. The third kappa shape index (κ3) is 5.01. The minimum Gasteiger partial charge on any atom is -0.508 e. The van der Waals surface area contributed by atoms with Crippen molar-refractivity contribution in [1.82, 2.24) is 4.90 Å². The number of nitrogens with zero attached hydrogens (tertiary/aromatic N) is 1. The number of likely N-dealkylation sites (tertiary alicyclic amines) is 1. The number of aryl methyl sites for hydroxylation is 1. The van der Waals surface area contributed by atoms with E-state index in [1.807, 2.05) is 6.07 Å². The lowest BCUT2D eigenvalue weighted by molar-refractivity contribution is 0.0786. The van der Waals surface area contributed by atoms with Crippen LogP contribution in [0.15, 0.2) is 36.4 Å². The highest BCUT2D eigenvalue weighted by atomic mass is 19.1. The second kappa shape index (κ2) is 9.06. The van der Waals surface area contributed by atoms with Crippen LogP contribution < -0.4 is 4.74 Å². The number of carbonyl (C=O) groups excluding carboxylic acids is 1. The third-order valence-electron chi connectivity index (χ3n) is 5.03. The molecule has 6 heteroatoms. The number of aromatic hydroxyl groups is 1. The molecule has 0 saturated carbocycles. The van der Waals surface area contributed by atoms with Crippen LogP contribution in [0.5, 0.6) is 11.5 Å². The number of carbonyl (C=O) groups is 1. The van der Waals surface area contributed by atoms with Crippen LogP contribution in [0.1, 0.15) is 27.9 Å². The Balaban J connectivity index is 1.63. The van der Waals surface area contributed by atoms with Gasteiger partial charge in [-0.15, -0.1) is 0 Å². The molecule has 0 aromatic heterocycles. The Morgan fingerprint density at radius 2 is 2.07 bits per heavy atom. The van der Waals surface area contributed by atoms with Crippen LogP contribution in [0.3, 0.4) is 0 Å². The number of phenols is 1. The van der Waals surface area contributed by atoms with Crippen LogP contribution in [0.2, 0.25) is 0 Å². The van der Waals surface area contributed by atoms with E-state index >= 15 is 0 Å². The highest BCUT2D eigenvalue weighted by Crippen LogP contribution is 2.27. The van der Waals surface area contributed by atoms with Crippen LogP contribution in [0.25, 0.3) is 0 Å². The summed E-state index contributed by atoms with van der Waals surface area (Å²) < 4.78 is 24.2. The first kappa shape index (κ1) is 20.1. The van der Waals surface area contributed by atoms with E-state index in [4.69, 9.17) is 9.47 Å². The lowest BCUT2D eigenvalue weighted by Gasteiger charge is -2.18. The van der Waals surface area contributed by atoms with Crippen LogP contribution >= 0.6 is 0 Å². The summed E-state index contributed by atoms with van der Waals surface area (Å²) in [6, 6.07) is 9.89. The molecule has 1 unspecified atom stereocenters. The molecule has 1 amide bonds. The van der Waals surface area contributed by atoms with E-state index in [1.54, 1.807) is 37.1 Å². The summed E-state index contributed by atoms with van der Waals surface area (Å²) in [5, 5.41) is 9.92. The van der Waals surface area contributed by atoms with E-state index in [2.05, 4.69) is 0 Å². The predicted molar refractivity (Wildman–Crippen MR) is 104 cm³/mol. The van der Waals surface area contributed by atoms with E-state index in [0.29, 0.717) is 49.1 Å². The zero-order chi connectivity index (χ0) is 20.1. The van der Waals surface area contributed by atoms with Crippen LogP contribution in [-0.4, -0.2) is 49.3 Å². The highest BCUT2D eigenvalue weighted by molar-refractivity contribution is 5.95. The first-order valence-electron chi connectivity index (χ1n) is 9.46. The van der Waals surface area contributed by atoms with Crippen molar-refractivity contribution in [1.29, 1.82) is 0 Å². The lowest BCUT2D eigenvalue weighted by Crippen LogP contribution is -2.29. The van der Waals surface area contributed by atoms with Crippen LogP contribution in [-0.2, 0) is 11.2 Å². The topological polar surface area (TPSA) is 59.0 Å². The molecule has 1 aliphatic rings. The average Bonchev–Trinajstić information content (AvgIpc) is 3.12. The van der Waals surface area contributed by atoms with Crippen LogP contribution in [0.4, 0.5) is 4.39 Å². The summed E-state index contributed by atoms with van der Waals surface area (Å²) in [5.74, 6) is 0.394. The molecule has 0 radical (unpaired) electrons. The molecule has 0 spiro atoms. The summed E-state index contributed by atoms with van der Waals surface area (Å²) in [5.41, 5.74) is 1.99. The fourth-order valence-electron chi connectivity index (χ4n) is 3.50. The Labute approximate surface area is 164 Å². The number of methoxy groups -OCH3 is 1. The van der Waals surface area contributed by atoms with Gasteiger partial charge in [0.15, 0.2) is 0 Å². The number of rotatable bonds is 7. The maximum Gasteiger partial charge on any atom is 0.254 e. The van der Waals surface area contributed by atoms with Gasteiger partial charge in [-0.25, -0.2) is 4.39 Å². The highest BCUT2D eigenvalue weighted by Gasteiger charge is 2.27.